The standard InChI is InChI=1S/C24H25N5O5S3/c1-5-12-35-24-28-27-23(37-24)26-20(30)16-13-36-21(25-16)14-8-10-29(11-9-14)22(31)15-6-7-17(32-2)19(34-4)18(15)33-3/h1,6-7,13-14H,8-12H2,2-4H3,(H,26,27,30). The molecule has 37 heavy (non-hydrogen) atoms. The van der Waals surface area contributed by atoms with Crippen molar-refractivity contribution in [2.45, 2.75) is 23.1 Å². The van der Waals surface area contributed by atoms with E-state index in [0.29, 0.717) is 56.8 Å². The van der Waals surface area contributed by atoms with Crippen molar-refractivity contribution in [3.05, 3.63) is 33.8 Å². The molecule has 3 aromatic rings. The number of piperidine rings is 1. The zero-order chi connectivity index (χ0) is 26.4. The third-order valence-electron chi connectivity index (χ3n) is 5.73. The van der Waals surface area contributed by atoms with Crippen LogP contribution in [0.2, 0.25) is 0 Å². The van der Waals surface area contributed by atoms with Crippen molar-refractivity contribution in [1.82, 2.24) is 20.1 Å². The van der Waals surface area contributed by atoms with Gasteiger partial charge in [-0.1, -0.05) is 29.0 Å². The molecule has 1 N–H and O–H groups in total. The van der Waals surface area contributed by atoms with Crippen LogP contribution in [0.15, 0.2) is 21.9 Å². The van der Waals surface area contributed by atoms with E-state index in [4.69, 9.17) is 20.6 Å². The number of carbonyl (C=O) groups excluding carboxylic acids is 2. The van der Waals surface area contributed by atoms with E-state index in [9.17, 15) is 9.59 Å². The Morgan fingerprint density at radius 1 is 1.16 bits per heavy atom. The van der Waals surface area contributed by atoms with Gasteiger partial charge in [0, 0.05) is 24.4 Å². The van der Waals surface area contributed by atoms with Gasteiger partial charge in [-0.15, -0.1) is 28.0 Å². The van der Waals surface area contributed by atoms with Crippen molar-refractivity contribution >= 4 is 51.4 Å². The largest absolute Gasteiger partial charge is 0.493 e. The molecule has 2 aromatic heterocycles. The van der Waals surface area contributed by atoms with E-state index < -0.39 is 0 Å². The van der Waals surface area contributed by atoms with Crippen molar-refractivity contribution in [3.8, 4) is 29.6 Å². The highest BCUT2D eigenvalue weighted by Crippen LogP contribution is 2.41. The lowest BCUT2D eigenvalue weighted by molar-refractivity contribution is 0.0708. The molecule has 0 atom stereocenters. The number of terminal acetylenes is 1. The van der Waals surface area contributed by atoms with E-state index in [-0.39, 0.29) is 17.7 Å². The molecule has 1 fully saturated rings. The lowest BCUT2D eigenvalue weighted by Crippen LogP contribution is -2.38. The molecule has 0 spiro atoms. The molecule has 1 aromatic carbocycles. The van der Waals surface area contributed by atoms with E-state index in [1.54, 1.807) is 22.4 Å². The molecule has 10 nitrogen and oxygen atoms in total. The molecule has 0 radical (unpaired) electrons. The van der Waals surface area contributed by atoms with Gasteiger partial charge in [-0.05, 0) is 25.0 Å². The molecule has 0 aliphatic carbocycles. The number of amides is 2. The second-order valence-corrected chi connectivity index (χ2v) is 10.9. The van der Waals surface area contributed by atoms with E-state index in [1.165, 1.54) is 55.8 Å². The molecule has 194 valence electrons. The minimum atomic E-state index is -0.333. The van der Waals surface area contributed by atoms with Crippen molar-refractivity contribution < 1.29 is 23.8 Å². The van der Waals surface area contributed by atoms with Gasteiger partial charge in [0.1, 0.15) is 5.69 Å². The number of aromatic nitrogens is 3. The summed E-state index contributed by atoms with van der Waals surface area (Å²) >= 11 is 4.10. The first-order valence-corrected chi connectivity index (χ1v) is 13.9. The summed E-state index contributed by atoms with van der Waals surface area (Å²) in [6.07, 6.45) is 6.74. The number of thioether (sulfide) groups is 1. The first-order valence-electron chi connectivity index (χ1n) is 11.2. The molecule has 1 saturated heterocycles. The van der Waals surface area contributed by atoms with Crippen LogP contribution in [0.4, 0.5) is 5.13 Å². The van der Waals surface area contributed by atoms with Crippen LogP contribution in [0, 0.1) is 12.3 Å². The molecule has 4 rings (SSSR count). The van der Waals surface area contributed by atoms with E-state index in [0.717, 1.165) is 17.8 Å². The third kappa shape index (κ3) is 5.98. The van der Waals surface area contributed by atoms with Gasteiger partial charge in [-0.3, -0.25) is 14.9 Å². The number of carbonyl (C=O) groups is 2. The highest BCUT2D eigenvalue weighted by molar-refractivity contribution is 8.01. The van der Waals surface area contributed by atoms with E-state index in [1.807, 2.05) is 0 Å². The van der Waals surface area contributed by atoms with Gasteiger partial charge in [0.15, 0.2) is 15.8 Å². The summed E-state index contributed by atoms with van der Waals surface area (Å²) in [5, 5.41) is 13.7. The van der Waals surface area contributed by atoms with Crippen LogP contribution in [0.5, 0.6) is 17.2 Å². The molecule has 0 bridgehead atoms. The molecule has 13 heteroatoms. The number of nitrogens with zero attached hydrogens (tertiary/aromatic N) is 4. The topological polar surface area (TPSA) is 116 Å². The number of hydrogen-bond donors (Lipinski definition) is 1. The molecule has 1 aliphatic rings. The predicted octanol–water partition coefficient (Wildman–Crippen LogP) is 4.02. The summed E-state index contributed by atoms with van der Waals surface area (Å²) in [5.74, 6) is 3.94. The van der Waals surface area contributed by atoms with Gasteiger partial charge < -0.3 is 19.1 Å². The van der Waals surface area contributed by atoms with Crippen molar-refractivity contribution in [2.24, 2.45) is 0 Å². The highest BCUT2D eigenvalue weighted by atomic mass is 32.2. The number of nitrogens with one attached hydrogen (secondary N) is 1. The molecular weight excluding hydrogens is 534 g/mol. The van der Waals surface area contributed by atoms with Crippen LogP contribution in [-0.2, 0) is 0 Å². The Labute approximate surface area is 226 Å². The maximum absolute atomic E-state index is 13.3. The Kier molecular flexibility index (Phi) is 8.86. The van der Waals surface area contributed by atoms with Crippen LogP contribution in [0.1, 0.15) is 44.6 Å². The first-order chi connectivity index (χ1) is 18.0. The second-order valence-electron chi connectivity index (χ2n) is 7.84. The predicted molar refractivity (Wildman–Crippen MR) is 144 cm³/mol. The number of thiazole rings is 1. The Balaban J connectivity index is 1.36. The summed E-state index contributed by atoms with van der Waals surface area (Å²) in [7, 11) is 4.54. The van der Waals surface area contributed by atoms with E-state index in [2.05, 4.69) is 26.4 Å². The van der Waals surface area contributed by atoms with Gasteiger partial charge in [-0.2, -0.15) is 0 Å². The Hall–Kier alpha value is -3.34. The second kappa shape index (κ2) is 12.3. The summed E-state index contributed by atoms with van der Waals surface area (Å²) in [4.78, 5) is 32.3. The summed E-state index contributed by atoms with van der Waals surface area (Å²) < 4.78 is 16.9. The highest BCUT2D eigenvalue weighted by Gasteiger charge is 2.30. The minimum absolute atomic E-state index is 0.132. The Morgan fingerprint density at radius 3 is 2.59 bits per heavy atom. The average molecular weight is 560 g/mol. The van der Waals surface area contributed by atoms with Crippen molar-refractivity contribution in [3.63, 3.8) is 0 Å². The van der Waals surface area contributed by atoms with Crippen LogP contribution in [0.3, 0.4) is 0 Å². The Bertz CT molecular complexity index is 1310. The fourth-order valence-electron chi connectivity index (χ4n) is 3.93. The monoisotopic (exact) mass is 559 g/mol. The average Bonchev–Trinajstić information content (AvgIpc) is 3.60. The van der Waals surface area contributed by atoms with Crippen LogP contribution < -0.4 is 19.5 Å². The molecule has 0 saturated carbocycles. The van der Waals surface area contributed by atoms with Crippen molar-refractivity contribution in [2.75, 3.05) is 45.5 Å². The maximum Gasteiger partial charge on any atom is 0.276 e. The summed E-state index contributed by atoms with van der Waals surface area (Å²) in [6, 6.07) is 3.39. The zero-order valence-corrected chi connectivity index (χ0v) is 22.9. The minimum Gasteiger partial charge on any atom is -0.493 e. The third-order valence-corrected chi connectivity index (χ3v) is 8.61. The maximum atomic E-state index is 13.3. The number of anilines is 1. The first kappa shape index (κ1) is 26.7. The SMILES string of the molecule is C#CCSc1nnc(NC(=O)c2csc(C3CCN(C(=O)c4ccc(OC)c(OC)c4OC)CC3)n2)s1. The fraction of sp³-hybridized carbons (Fsp3) is 0.375. The van der Waals surface area contributed by atoms with Crippen molar-refractivity contribution in [1.29, 1.82) is 0 Å². The fourth-order valence-corrected chi connectivity index (χ4v) is 6.33. The number of benzene rings is 1. The smallest absolute Gasteiger partial charge is 0.276 e. The van der Waals surface area contributed by atoms with Gasteiger partial charge in [0.05, 0.1) is 37.7 Å². The molecule has 1 aliphatic heterocycles. The van der Waals surface area contributed by atoms with Gasteiger partial charge in [-0.25, -0.2) is 4.98 Å². The number of likely N-dealkylation sites (tertiary alicyclic amines) is 1. The molecule has 0 unspecified atom stereocenters. The van der Waals surface area contributed by atoms with Gasteiger partial charge in [0.25, 0.3) is 11.8 Å². The normalized spacial score (nSPS) is 13.6. The van der Waals surface area contributed by atoms with Crippen LogP contribution in [-0.4, -0.2) is 72.1 Å². The van der Waals surface area contributed by atoms with Gasteiger partial charge in [0.2, 0.25) is 10.9 Å². The van der Waals surface area contributed by atoms with E-state index >= 15 is 0 Å². The number of methoxy groups -OCH3 is 3. The Morgan fingerprint density at radius 2 is 1.92 bits per heavy atom. The molecular formula is C24H25N5O5S3. The summed E-state index contributed by atoms with van der Waals surface area (Å²) in [5.41, 5.74) is 0.755. The molecule has 3 heterocycles. The number of ether oxygens (including phenoxy) is 3. The number of rotatable bonds is 9. The lowest BCUT2D eigenvalue weighted by Gasteiger charge is -2.31. The van der Waals surface area contributed by atoms with Crippen LogP contribution >= 0.6 is 34.4 Å². The quantitative estimate of drug-likeness (QED) is 0.236. The molecule has 2 amide bonds. The summed E-state index contributed by atoms with van der Waals surface area (Å²) in [6.45, 7) is 1.12. The zero-order valence-electron chi connectivity index (χ0n) is 20.5. The lowest BCUT2D eigenvalue weighted by atomic mass is 9.97. The number of hydrogen-bond acceptors (Lipinski definition) is 11. The van der Waals surface area contributed by atoms with Gasteiger partial charge >= 0.3 is 0 Å². The van der Waals surface area contributed by atoms with Crippen LogP contribution in [0.25, 0.3) is 0 Å².